The van der Waals surface area contributed by atoms with Gasteiger partial charge in [0.15, 0.2) is 0 Å². The number of aryl methyl sites for hydroxylation is 1. The summed E-state index contributed by atoms with van der Waals surface area (Å²) in [5.41, 5.74) is 7.13. The molecule has 1 aromatic heterocycles. The summed E-state index contributed by atoms with van der Waals surface area (Å²) >= 11 is 0. The fraction of sp³-hybridized carbons (Fsp3) is 0.643. The van der Waals surface area contributed by atoms with Gasteiger partial charge in [-0.3, -0.25) is 4.79 Å². The first-order valence-corrected chi connectivity index (χ1v) is 6.67. The van der Waals surface area contributed by atoms with Crippen LogP contribution in [0, 0.1) is 0 Å². The van der Waals surface area contributed by atoms with E-state index in [1.807, 2.05) is 17.3 Å². The first-order chi connectivity index (χ1) is 8.49. The number of nitrogens with one attached hydrogen (secondary N) is 1. The predicted molar refractivity (Wildman–Crippen MR) is 72.1 cm³/mol. The lowest BCUT2D eigenvalue weighted by Crippen LogP contribution is -2.42. The number of aromatic nitrogens is 1. The molecule has 0 radical (unpaired) electrons. The molecule has 0 saturated carbocycles. The second kappa shape index (κ2) is 5.14. The van der Waals surface area contributed by atoms with Crippen molar-refractivity contribution < 1.29 is 4.79 Å². The Labute approximate surface area is 109 Å². The molecular formula is C14H23N3O. The van der Waals surface area contributed by atoms with Crippen LogP contribution in [0.5, 0.6) is 0 Å². The molecule has 1 atom stereocenters. The van der Waals surface area contributed by atoms with E-state index in [1.54, 1.807) is 0 Å². The van der Waals surface area contributed by atoms with Gasteiger partial charge in [-0.1, -0.05) is 0 Å². The van der Waals surface area contributed by atoms with Crippen molar-refractivity contribution in [3.05, 3.63) is 24.0 Å². The average Bonchev–Trinajstić information content (AvgIpc) is 2.85. The average molecular weight is 249 g/mol. The lowest BCUT2D eigenvalue weighted by atomic mass is 10.00. The number of likely N-dealkylation sites (tertiary alicyclic amines) is 1. The minimum Gasteiger partial charge on any atom is -0.367 e. The monoisotopic (exact) mass is 249 g/mol. The van der Waals surface area contributed by atoms with Crippen molar-refractivity contribution in [2.24, 2.45) is 5.73 Å². The second-order valence-corrected chi connectivity index (χ2v) is 5.85. The number of nitrogens with zero attached hydrogens (tertiary/aromatic N) is 1. The zero-order chi connectivity index (χ0) is 13.2. The summed E-state index contributed by atoms with van der Waals surface area (Å²) in [6.45, 7) is 4.91. The Balaban J connectivity index is 1.81. The maximum Gasteiger partial charge on any atom is 0.223 e. The molecule has 1 fully saturated rings. The van der Waals surface area contributed by atoms with E-state index in [9.17, 15) is 4.79 Å². The van der Waals surface area contributed by atoms with Crippen molar-refractivity contribution in [2.75, 3.05) is 6.54 Å². The molecule has 100 valence electrons. The lowest BCUT2D eigenvalue weighted by Gasteiger charge is -2.31. The van der Waals surface area contributed by atoms with E-state index in [1.165, 1.54) is 5.56 Å². The Morgan fingerprint density at radius 1 is 1.61 bits per heavy atom. The molecule has 4 nitrogen and oxygen atoms in total. The van der Waals surface area contributed by atoms with E-state index in [4.69, 9.17) is 5.73 Å². The molecule has 1 aromatic rings. The second-order valence-electron chi connectivity index (χ2n) is 5.85. The van der Waals surface area contributed by atoms with Crippen LogP contribution in [0.25, 0.3) is 0 Å². The molecule has 1 aliphatic heterocycles. The van der Waals surface area contributed by atoms with Crippen molar-refractivity contribution in [2.45, 2.75) is 51.1 Å². The summed E-state index contributed by atoms with van der Waals surface area (Å²) in [4.78, 5) is 17.2. The van der Waals surface area contributed by atoms with Gasteiger partial charge in [-0.15, -0.1) is 0 Å². The molecular weight excluding hydrogens is 226 g/mol. The molecule has 1 amide bonds. The third-order valence-electron chi connectivity index (χ3n) is 3.73. The largest absolute Gasteiger partial charge is 0.367 e. The van der Waals surface area contributed by atoms with Crippen molar-refractivity contribution in [3.8, 4) is 0 Å². The summed E-state index contributed by atoms with van der Waals surface area (Å²) in [5.74, 6) is 0.239. The smallest absolute Gasteiger partial charge is 0.223 e. The quantitative estimate of drug-likeness (QED) is 0.852. The van der Waals surface area contributed by atoms with E-state index in [-0.39, 0.29) is 17.5 Å². The molecule has 18 heavy (non-hydrogen) atoms. The van der Waals surface area contributed by atoms with Crippen molar-refractivity contribution >= 4 is 5.91 Å². The van der Waals surface area contributed by atoms with Crippen LogP contribution < -0.4 is 5.73 Å². The Morgan fingerprint density at radius 2 is 2.39 bits per heavy atom. The van der Waals surface area contributed by atoms with Crippen LogP contribution in [0.2, 0.25) is 0 Å². The zero-order valence-electron chi connectivity index (χ0n) is 11.3. The van der Waals surface area contributed by atoms with E-state index >= 15 is 0 Å². The Morgan fingerprint density at radius 3 is 2.94 bits per heavy atom. The Hall–Kier alpha value is -1.29. The van der Waals surface area contributed by atoms with Gasteiger partial charge in [0, 0.05) is 36.9 Å². The summed E-state index contributed by atoms with van der Waals surface area (Å²) in [6, 6.07) is 2.19. The van der Waals surface area contributed by atoms with E-state index in [2.05, 4.69) is 24.9 Å². The molecule has 0 aromatic carbocycles. The summed E-state index contributed by atoms with van der Waals surface area (Å²) in [5, 5.41) is 0. The molecule has 3 N–H and O–H groups in total. The highest BCUT2D eigenvalue weighted by molar-refractivity contribution is 5.77. The highest BCUT2D eigenvalue weighted by atomic mass is 16.2. The highest BCUT2D eigenvalue weighted by Crippen LogP contribution is 2.28. The van der Waals surface area contributed by atoms with E-state index < -0.39 is 0 Å². The number of carbonyl (C=O) groups is 1. The molecule has 4 heteroatoms. The first kappa shape index (κ1) is 13.1. The summed E-state index contributed by atoms with van der Waals surface area (Å²) < 4.78 is 0. The minimum absolute atomic E-state index is 0.0788. The van der Waals surface area contributed by atoms with E-state index in [0.717, 1.165) is 19.3 Å². The minimum atomic E-state index is -0.0788. The van der Waals surface area contributed by atoms with Crippen molar-refractivity contribution in [1.82, 2.24) is 9.88 Å². The van der Waals surface area contributed by atoms with Crippen LogP contribution in [0.1, 0.15) is 38.7 Å². The van der Waals surface area contributed by atoms with Crippen molar-refractivity contribution in [1.29, 1.82) is 0 Å². The third-order valence-corrected chi connectivity index (χ3v) is 3.73. The number of amides is 1. The maximum atomic E-state index is 12.2. The summed E-state index contributed by atoms with van der Waals surface area (Å²) in [7, 11) is 0. The van der Waals surface area contributed by atoms with Gasteiger partial charge in [-0.25, -0.2) is 0 Å². The van der Waals surface area contributed by atoms with Crippen LogP contribution in [0.4, 0.5) is 0 Å². The maximum absolute atomic E-state index is 12.2. The topological polar surface area (TPSA) is 62.1 Å². The van der Waals surface area contributed by atoms with Crippen LogP contribution in [-0.2, 0) is 11.2 Å². The predicted octanol–water partition coefficient (Wildman–Crippen LogP) is 1.68. The van der Waals surface area contributed by atoms with Gasteiger partial charge in [-0.05, 0) is 44.7 Å². The van der Waals surface area contributed by atoms with Gasteiger partial charge in [-0.2, -0.15) is 0 Å². The SMILES string of the molecule is CC1(C)CC(N)CN1C(=O)CCCc1cc[nH]c1. The molecule has 1 aliphatic rings. The van der Waals surface area contributed by atoms with Gasteiger partial charge in [0.2, 0.25) is 5.91 Å². The van der Waals surface area contributed by atoms with E-state index in [0.29, 0.717) is 13.0 Å². The third kappa shape index (κ3) is 2.93. The number of nitrogens with two attached hydrogens (primary N) is 1. The normalized spacial score (nSPS) is 22.4. The molecule has 0 aliphatic carbocycles. The van der Waals surface area contributed by atoms with Crippen LogP contribution in [0.15, 0.2) is 18.5 Å². The molecule has 0 spiro atoms. The number of H-pyrrole nitrogens is 1. The van der Waals surface area contributed by atoms with Crippen molar-refractivity contribution in [3.63, 3.8) is 0 Å². The number of rotatable bonds is 4. The fourth-order valence-electron chi connectivity index (χ4n) is 2.83. The molecule has 1 unspecified atom stereocenters. The van der Waals surface area contributed by atoms with Gasteiger partial charge in [0.25, 0.3) is 0 Å². The number of hydrogen-bond acceptors (Lipinski definition) is 2. The van der Waals surface area contributed by atoms with Gasteiger partial charge in [0.05, 0.1) is 0 Å². The molecule has 1 saturated heterocycles. The highest BCUT2D eigenvalue weighted by Gasteiger charge is 2.39. The van der Waals surface area contributed by atoms with Gasteiger partial charge < -0.3 is 15.6 Å². The Bertz CT molecular complexity index is 397. The number of carbonyl (C=O) groups excluding carboxylic acids is 1. The Kier molecular flexibility index (Phi) is 3.76. The van der Waals surface area contributed by atoms with Gasteiger partial charge in [0.1, 0.15) is 0 Å². The standard InChI is InChI=1S/C14H23N3O/c1-14(2)8-12(15)10-17(14)13(18)5-3-4-11-6-7-16-9-11/h6-7,9,12,16H,3-5,8,10,15H2,1-2H3. The van der Waals surface area contributed by atoms with Gasteiger partial charge >= 0.3 is 0 Å². The molecule has 0 bridgehead atoms. The molecule has 2 heterocycles. The van der Waals surface area contributed by atoms with Crippen LogP contribution in [-0.4, -0.2) is 33.9 Å². The van der Waals surface area contributed by atoms with Crippen LogP contribution in [0.3, 0.4) is 0 Å². The zero-order valence-corrected chi connectivity index (χ0v) is 11.3. The first-order valence-electron chi connectivity index (χ1n) is 6.67. The summed E-state index contributed by atoms with van der Waals surface area (Å²) in [6.07, 6.45) is 7.27. The lowest BCUT2D eigenvalue weighted by molar-refractivity contribution is -0.134. The fourth-order valence-corrected chi connectivity index (χ4v) is 2.83. The number of aromatic amines is 1. The van der Waals surface area contributed by atoms with Crippen LogP contribution >= 0.6 is 0 Å². The number of hydrogen-bond donors (Lipinski definition) is 2. The molecule has 2 rings (SSSR count).